The highest BCUT2D eigenvalue weighted by Gasteiger charge is 2.09. The first-order valence-electron chi connectivity index (χ1n) is 3.57. The van der Waals surface area contributed by atoms with Crippen LogP contribution < -0.4 is 4.18 Å². The molecule has 0 aromatic carbocycles. The zero-order valence-corrected chi connectivity index (χ0v) is 7.71. The van der Waals surface area contributed by atoms with Crippen molar-refractivity contribution in [3.63, 3.8) is 0 Å². The molecule has 1 aromatic heterocycles. The van der Waals surface area contributed by atoms with E-state index in [-0.39, 0.29) is 11.5 Å². The molecule has 6 heteroatoms. The molecule has 0 unspecified atom stereocenters. The van der Waals surface area contributed by atoms with Gasteiger partial charge in [-0.2, -0.15) is 12.8 Å². The van der Waals surface area contributed by atoms with Gasteiger partial charge in [-0.15, -0.1) is 0 Å². The average molecular weight is 205 g/mol. The van der Waals surface area contributed by atoms with Crippen molar-refractivity contribution in [2.24, 2.45) is 0 Å². The van der Waals surface area contributed by atoms with Crippen molar-refractivity contribution >= 4 is 10.1 Å². The van der Waals surface area contributed by atoms with Gasteiger partial charge in [0.25, 0.3) is 0 Å². The number of hydrogen-bond acceptors (Lipinski definition) is 4. The molecule has 72 valence electrons. The molecule has 0 aliphatic rings. The first-order chi connectivity index (χ1) is 6.03. The molecule has 1 aromatic rings. The van der Waals surface area contributed by atoms with Crippen molar-refractivity contribution in [2.75, 3.05) is 5.75 Å². The first kappa shape index (κ1) is 9.91. The molecule has 0 aliphatic heterocycles. The molecular weight excluding hydrogens is 197 g/mol. The van der Waals surface area contributed by atoms with E-state index in [2.05, 4.69) is 9.17 Å². The summed E-state index contributed by atoms with van der Waals surface area (Å²) in [7, 11) is -3.58. The van der Waals surface area contributed by atoms with E-state index in [1.807, 2.05) is 0 Å². The third-order valence-corrected chi connectivity index (χ3v) is 2.43. The van der Waals surface area contributed by atoms with Crippen LogP contribution in [-0.2, 0) is 10.1 Å². The summed E-state index contributed by atoms with van der Waals surface area (Å²) >= 11 is 0. The van der Waals surface area contributed by atoms with E-state index in [4.69, 9.17) is 0 Å². The SMILES string of the molecule is CCS(=O)(=O)Oc1ccnc(F)c1. The van der Waals surface area contributed by atoms with Crippen molar-refractivity contribution in [1.29, 1.82) is 0 Å². The van der Waals surface area contributed by atoms with Crippen LogP contribution >= 0.6 is 0 Å². The molecule has 0 atom stereocenters. The van der Waals surface area contributed by atoms with Gasteiger partial charge in [-0.3, -0.25) is 0 Å². The average Bonchev–Trinajstić information content (AvgIpc) is 2.03. The van der Waals surface area contributed by atoms with Gasteiger partial charge in [0.1, 0.15) is 5.75 Å². The predicted molar refractivity (Wildman–Crippen MR) is 44.3 cm³/mol. The highest BCUT2D eigenvalue weighted by Crippen LogP contribution is 2.12. The Morgan fingerprint density at radius 3 is 2.85 bits per heavy atom. The van der Waals surface area contributed by atoms with Crippen LogP contribution in [0.1, 0.15) is 6.92 Å². The van der Waals surface area contributed by atoms with Gasteiger partial charge in [-0.25, -0.2) is 4.98 Å². The van der Waals surface area contributed by atoms with Crippen LogP contribution in [0.5, 0.6) is 5.75 Å². The fourth-order valence-corrected chi connectivity index (χ4v) is 1.16. The molecule has 0 saturated heterocycles. The fraction of sp³-hybridized carbons (Fsp3) is 0.286. The molecule has 0 N–H and O–H groups in total. The maximum atomic E-state index is 12.5. The molecule has 4 nitrogen and oxygen atoms in total. The normalized spacial score (nSPS) is 11.2. The Bertz CT molecular complexity index is 390. The summed E-state index contributed by atoms with van der Waals surface area (Å²) in [6, 6.07) is 2.18. The molecule has 0 fully saturated rings. The van der Waals surface area contributed by atoms with E-state index in [0.717, 1.165) is 12.3 Å². The fourth-order valence-electron chi connectivity index (χ4n) is 0.642. The molecule has 0 saturated carbocycles. The summed E-state index contributed by atoms with van der Waals surface area (Å²) in [5.41, 5.74) is 0. The van der Waals surface area contributed by atoms with Crippen LogP contribution in [0.2, 0.25) is 0 Å². The quantitative estimate of drug-likeness (QED) is 0.544. The minimum atomic E-state index is -3.58. The van der Waals surface area contributed by atoms with Gasteiger partial charge in [0.05, 0.1) is 5.75 Å². The highest BCUT2D eigenvalue weighted by atomic mass is 32.2. The Morgan fingerprint density at radius 2 is 2.31 bits per heavy atom. The maximum Gasteiger partial charge on any atom is 0.308 e. The van der Waals surface area contributed by atoms with E-state index >= 15 is 0 Å². The number of hydrogen-bond donors (Lipinski definition) is 0. The summed E-state index contributed by atoms with van der Waals surface area (Å²) < 4.78 is 38.8. The summed E-state index contributed by atoms with van der Waals surface area (Å²) in [5.74, 6) is -0.991. The minimum Gasteiger partial charge on any atom is -0.382 e. The maximum absolute atomic E-state index is 12.5. The second-order valence-corrected chi connectivity index (χ2v) is 4.10. The number of nitrogens with zero attached hydrogens (tertiary/aromatic N) is 1. The second-order valence-electron chi connectivity index (χ2n) is 2.24. The van der Waals surface area contributed by atoms with E-state index in [1.54, 1.807) is 0 Å². The molecule has 0 bridgehead atoms. The molecule has 1 heterocycles. The van der Waals surface area contributed by atoms with Crippen LogP contribution in [0.25, 0.3) is 0 Å². The predicted octanol–water partition coefficient (Wildman–Crippen LogP) is 0.949. The molecule has 0 radical (unpaired) electrons. The lowest BCUT2D eigenvalue weighted by Gasteiger charge is -2.03. The molecule has 0 aliphatic carbocycles. The van der Waals surface area contributed by atoms with Crippen LogP contribution in [-0.4, -0.2) is 19.2 Å². The second kappa shape index (κ2) is 3.69. The largest absolute Gasteiger partial charge is 0.382 e. The van der Waals surface area contributed by atoms with Crippen LogP contribution in [0.15, 0.2) is 18.3 Å². The number of pyridine rings is 1. The van der Waals surface area contributed by atoms with Gasteiger partial charge in [0.2, 0.25) is 5.95 Å². The number of halogens is 1. The summed E-state index contributed by atoms with van der Waals surface area (Å²) in [6.45, 7) is 1.44. The number of rotatable bonds is 3. The number of aromatic nitrogens is 1. The standard InChI is InChI=1S/C7H8FNO3S/c1-2-13(10,11)12-6-3-4-9-7(8)5-6/h3-5H,2H2,1H3. The van der Waals surface area contributed by atoms with Crippen molar-refractivity contribution in [2.45, 2.75) is 6.92 Å². The zero-order chi connectivity index (χ0) is 9.90. The van der Waals surface area contributed by atoms with E-state index in [9.17, 15) is 12.8 Å². The van der Waals surface area contributed by atoms with Gasteiger partial charge < -0.3 is 4.18 Å². The van der Waals surface area contributed by atoms with Crippen molar-refractivity contribution < 1.29 is 17.0 Å². The zero-order valence-electron chi connectivity index (χ0n) is 6.90. The highest BCUT2D eigenvalue weighted by molar-refractivity contribution is 7.87. The summed E-state index contributed by atoms with van der Waals surface area (Å²) in [5, 5.41) is 0. The van der Waals surface area contributed by atoms with Gasteiger partial charge >= 0.3 is 10.1 Å². The smallest absolute Gasteiger partial charge is 0.308 e. The lowest BCUT2D eigenvalue weighted by Crippen LogP contribution is -2.11. The molecule has 1 rings (SSSR count). The van der Waals surface area contributed by atoms with Crippen molar-refractivity contribution in [3.05, 3.63) is 24.3 Å². The Hall–Kier alpha value is -1.17. The van der Waals surface area contributed by atoms with Gasteiger partial charge in [0, 0.05) is 18.3 Å². The lowest BCUT2D eigenvalue weighted by molar-refractivity contribution is 0.482. The van der Waals surface area contributed by atoms with Crippen LogP contribution in [0.4, 0.5) is 4.39 Å². The van der Waals surface area contributed by atoms with E-state index in [0.29, 0.717) is 0 Å². The topological polar surface area (TPSA) is 56.3 Å². The van der Waals surface area contributed by atoms with E-state index in [1.165, 1.54) is 13.0 Å². The van der Waals surface area contributed by atoms with Gasteiger partial charge in [-0.05, 0) is 6.92 Å². The van der Waals surface area contributed by atoms with Gasteiger partial charge in [-0.1, -0.05) is 0 Å². The monoisotopic (exact) mass is 205 g/mol. The summed E-state index contributed by atoms with van der Waals surface area (Å²) in [4.78, 5) is 3.25. The van der Waals surface area contributed by atoms with Crippen molar-refractivity contribution in [1.82, 2.24) is 4.98 Å². The summed E-state index contributed by atoms with van der Waals surface area (Å²) in [6.07, 6.45) is 1.13. The molecule has 0 amide bonds. The third kappa shape index (κ3) is 2.98. The van der Waals surface area contributed by atoms with Crippen LogP contribution in [0.3, 0.4) is 0 Å². The Kier molecular flexibility index (Phi) is 2.82. The Balaban J connectivity index is 2.87. The third-order valence-electron chi connectivity index (χ3n) is 1.27. The minimum absolute atomic E-state index is 0.0608. The van der Waals surface area contributed by atoms with Crippen LogP contribution in [0, 0.1) is 5.95 Å². The van der Waals surface area contributed by atoms with Gasteiger partial charge in [0.15, 0.2) is 0 Å². The van der Waals surface area contributed by atoms with E-state index < -0.39 is 16.1 Å². The Labute approximate surface area is 75.5 Å². The Morgan fingerprint density at radius 1 is 1.62 bits per heavy atom. The van der Waals surface area contributed by atoms with Crippen molar-refractivity contribution in [3.8, 4) is 5.75 Å². The molecule has 0 spiro atoms. The molecular formula is C7H8FNO3S. The molecule has 13 heavy (non-hydrogen) atoms. The lowest BCUT2D eigenvalue weighted by atomic mass is 10.5. The first-order valence-corrected chi connectivity index (χ1v) is 5.15.